The van der Waals surface area contributed by atoms with E-state index in [0.717, 1.165) is 16.8 Å². The molecule has 1 heteroatoms. The van der Waals surface area contributed by atoms with E-state index in [-0.39, 0.29) is 5.41 Å². The zero-order chi connectivity index (χ0) is 18.6. The van der Waals surface area contributed by atoms with Crippen molar-refractivity contribution in [3.8, 4) is 0 Å². The summed E-state index contributed by atoms with van der Waals surface area (Å²) < 4.78 is 0. The summed E-state index contributed by atoms with van der Waals surface area (Å²) >= 11 is 0. The molecule has 3 rings (SSSR count). The van der Waals surface area contributed by atoms with Crippen LogP contribution in [0.4, 0.5) is 0 Å². The predicted octanol–water partition coefficient (Wildman–Crippen LogP) is 4.87. The van der Waals surface area contributed by atoms with Crippen LogP contribution in [0.5, 0.6) is 0 Å². The Labute approximate surface area is 156 Å². The minimum atomic E-state index is -0.0926. The molecule has 0 saturated carbocycles. The Hall–Kier alpha value is -2.93. The van der Waals surface area contributed by atoms with Gasteiger partial charge in [0.05, 0.1) is 0 Å². The summed E-state index contributed by atoms with van der Waals surface area (Å²) in [4.78, 5) is 0. The molecule has 2 N–H and O–H groups in total. The highest BCUT2D eigenvalue weighted by Gasteiger charge is 2.27. The Balaban J connectivity index is 2.22. The molecule has 130 valence electrons. The van der Waals surface area contributed by atoms with Crippen LogP contribution in [0, 0.1) is 5.41 Å². The van der Waals surface area contributed by atoms with Crippen LogP contribution in [-0.4, -0.2) is 5.71 Å². The van der Waals surface area contributed by atoms with E-state index in [1.807, 2.05) is 12.1 Å². The first-order chi connectivity index (χ1) is 12.5. The van der Waals surface area contributed by atoms with E-state index in [4.69, 9.17) is 5.41 Å². The van der Waals surface area contributed by atoms with Gasteiger partial charge in [-0.1, -0.05) is 99.6 Å². The van der Waals surface area contributed by atoms with Crippen molar-refractivity contribution in [2.75, 3.05) is 0 Å². The van der Waals surface area contributed by atoms with E-state index >= 15 is 0 Å². The third-order valence-electron chi connectivity index (χ3n) is 4.51. The second-order valence-electron chi connectivity index (χ2n) is 7.54. The maximum atomic E-state index is 6.57. The van der Waals surface area contributed by atoms with E-state index in [0.29, 0.717) is 0 Å². The van der Waals surface area contributed by atoms with Gasteiger partial charge in [-0.05, 0) is 34.4 Å². The fraction of sp³-hybridized carbons (Fsp3) is 0.160. The average molecular weight is 340 g/mol. The number of hydrogen-bond acceptors (Lipinski definition) is 0. The Bertz CT molecular complexity index is 913. The summed E-state index contributed by atoms with van der Waals surface area (Å²) in [5.74, 6) is 0. The molecule has 0 atom stereocenters. The van der Waals surface area contributed by atoms with E-state index in [1.165, 1.54) is 16.7 Å². The summed E-state index contributed by atoms with van der Waals surface area (Å²) in [5.41, 5.74) is 6.62. The number of hydrogen-bond donors (Lipinski definition) is 1. The van der Waals surface area contributed by atoms with E-state index in [9.17, 15) is 0 Å². The van der Waals surface area contributed by atoms with Crippen molar-refractivity contribution in [3.63, 3.8) is 0 Å². The molecule has 0 heterocycles. The molecule has 0 aliphatic carbocycles. The third kappa shape index (κ3) is 4.00. The van der Waals surface area contributed by atoms with E-state index < -0.39 is 0 Å². The minimum absolute atomic E-state index is 0.0926. The normalized spacial score (nSPS) is 12.0. The second-order valence-corrected chi connectivity index (χ2v) is 7.54. The molecule has 3 aromatic carbocycles. The van der Waals surface area contributed by atoms with Crippen molar-refractivity contribution in [3.05, 3.63) is 107 Å². The molecule has 0 aromatic heterocycles. The van der Waals surface area contributed by atoms with Gasteiger partial charge in [-0.3, -0.25) is 5.41 Å². The monoisotopic (exact) mass is 340 g/mol. The lowest BCUT2D eigenvalue weighted by Gasteiger charge is -2.19. The number of rotatable bonds is 4. The molecule has 0 aliphatic heterocycles. The molecule has 1 nitrogen and oxygen atoms in total. The summed E-state index contributed by atoms with van der Waals surface area (Å²) in [6, 6.07) is 29.4. The summed E-state index contributed by atoms with van der Waals surface area (Å²) in [6.45, 7) is 6.46. The average Bonchev–Trinajstić information content (AvgIpc) is 2.66. The van der Waals surface area contributed by atoms with Crippen LogP contribution in [0.1, 0.15) is 43.0 Å². The highest BCUT2D eigenvalue weighted by Crippen LogP contribution is 2.31. The van der Waals surface area contributed by atoms with E-state index in [2.05, 4.69) is 99.6 Å². The molecule has 0 spiro atoms. The van der Waals surface area contributed by atoms with Crippen molar-refractivity contribution >= 4 is 17.4 Å². The van der Waals surface area contributed by atoms with Crippen LogP contribution in [0.3, 0.4) is 0 Å². The zero-order valence-corrected chi connectivity index (χ0v) is 15.7. The molecule has 0 radical (unpaired) electrons. The maximum Gasteiger partial charge on any atom is 0.186 e. The topological polar surface area (TPSA) is 25.6 Å². The van der Waals surface area contributed by atoms with Crippen molar-refractivity contribution < 1.29 is 5.41 Å². The summed E-state index contributed by atoms with van der Waals surface area (Å²) in [6.07, 6.45) is 2.24. The highest BCUT2D eigenvalue weighted by molar-refractivity contribution is 6.06. The van der Waals surface area contributed by atoms with Crippen LogP contribution >= 0.6 is 0 Å². The zero-order valence-electron chi connectivity index (χ0n) is 15.7. The maximum absolute atomic E-state index is 6.57. The van der Waals surface area contributed by atoms with Crippen molar-refractivity contribution in [1.82, 2.24) is 0 Å². The van der Waals surface area contributed by atoms with Crippen LogP contribution < -0.4 is 5.41 Å². The summed E-state index contributed by atoms with van der Waals surface area (Å²) in [7, 11) is 0. The number of benzene rings is 3. The van der Waals surface area contributed by atoms with Gasteiger partial charge >= 0.3 is 0 Å². The molecular weight excluding hydrogens is 314 g/mol. The Morgan fingerprint density at radius 2 is 1.19 bits per heavy atom. The van der Waals surface area contributed by atoms with Gasteiger partial charge in [0.15, 0.2) is 5.71 Å². The lowest BCUT2D eigenvalue weighted by atomic mass is 9.81. The molecule has 0 saturated heterocycles. The van der Waals surface area contributed by atoms with Crippen molar-refractivity contribution in [1.29, 1.82) is 0 Å². The third-order valence-corrected chi connectivity index (χ3v) is 4.51. The first-order valence-corrected chi connectivity index (χ1v) is 9.01. The largest absolute Gasteiger partial charge is 0.257 e. The van der Waals surface area contributed by atoms with Gasteiger partial charge in [0.25, 0.3) is 0 Å². The van der Waals surface area contributed by atoms with Gasteiger partial charge in [-0.2, -0.15) is 0 Å². The van der Waals surface area contributed by atoms with Crippen molar-refractivity contribution in [2.24, 2.45) is 5.41 Å². The lowest BCUT2D eigenvalue weighted by Crippen LogP contribution is -2.48. The van der Waals surface area contributed by atoms with Gasteiger partial charge in [-0.25, -0.2) is 0 Å². The van der Waals surface area contributed by atoms with Gasteiger partial charge < -0.3 is 0 Å². The van der Waals surface area contributed by atoms with Crippen LogP contribution in [0.25, 0.3) is 11.6 Å². The highest BCUT2D eigenvalue weighted by atomic mass is 14.5. The van der Waals surface area contributed by atoms with Crippen molar-refractivity contribution in [2.45, 2.75) is 20.8 Å². The molecule has 0 unspecified atom stereocenters. The Morgan fingerprint density at radius 1 is 0.692 bits per heavy atom. The fourth-order valence-electron chi connectivity index (χ4n) is 3.01. The van der Waals surface area contributed by atoms with Crippen LogP contribution in [-0.2, 0) is 0 Å². The predicted molar refractivity (Wildman–Crippen MR) is 112 cm³/mol. The first-order valence-electron chi connectivity index (χ1n) is 9.01. The number of nitrogens with two attached hydrogens (primary N) is 1. The molecule has 0 bridgehead atoms. The molecule has 0 fully saturated rings. The molecular formula is C25H26N+. The van der Waals surface area contributed by atoms with Crippen LogP contribution in [0.15, 0.2) is 84.9 Å². The second kappa shape index (κ2) is 7.53. The SMILES string of the molecule is CC(C)(C)C(=[NH2+])c1ccccc1/C(=C/c1ccccc1)c1ccccc1. The Kier molecular flexibility index (Phi) is 5.18. The lowest BCUT2D eigenvalue weighted by molar-refractivity contribution is -0.122. The smallest absolute Gasteiger partial charge is 0.186 e. The van der Waals surface area contributed by atoms with Gasteiger partial charge in [0.1, 0.15) is 0 Å². The minimum Gasteiger partial charge on any atom is -0.257 e. The molecule has 3 aromatic rings. The molecule has 0 aliphatic rings. The quantitative estimate of drug-likeness (QED) is 0.518. The van der Waals surface area contributed by atoms with Gasteiger partial charge in [0.2, 0.25) is 0 Å². The fourth-order valence-corrected chi connectivity index (χ4v) is 3.01. The van der Waals surface area contributed by atoms with Crippen LogP contribution in [0.2, 0.25) is 0 Å². The summed E-state index contributed by atoms with van der Waals surface area (Å²) in [5, 5.41) is 6.57. The van der Waals surface area contributed by atoms with Gasteiger partial charge in [0, 0.05) is 11.0 Å². The Morgan fingerprint density at radius 3 is 1.77 bits per heavy atom. The standard InChI is InChI=1S/C25H25N/c1-25(2,3)24(26)22-17-11-10-16-21(22)23(20-14-8-5-9-15-20)18-19-12-6-4-7-13-19/h4-18,26H,1-3H3/p+1/b23-18+,26-24?. The molecule has 0 amide bonds. The molecule has 26 heavy (non-hydrogen) atoms. The first kappa shape index (κ1) is 17.9. The van der Waals surface area contributed by atoms with Gasteiger partial charge in [-0.15, -0.1) is 0 Å². The van der Waals surface area contributed by atoms with E-state index in [1.54, 1.807) is 0 Å².